The first-order chi connectivity index (χ1) is 9.68. The Kier molecular flexibility index (Phi) is 10.8. The van der Waals surface area contributed by atoms with E-state index in [1.807, 2.05) is 20.8 Å². The molecule has 0 aliphatic heterocycles. The molecule has 0 atom stereocenters. The Morgan fingerprint density at radius 3 is 0.950 bits per heavy atom. The smallest absolute Gasteiger partial charge is 0.102 e. The molecule has 0 aliphatic rings. The van der Waals surface area contributed by atoms with Crippen molar-refractivity contribution in [2.45, 2.75) is 20.8 Å². The minimum Gasteiger partial charge on any atom is -0.349 e. The van der Waals surface area contributed by atoms with Crippen molar-refractivity contribution >= 4 is 12.6 Å². The quantitative estimate of drug-likeness (QED) is 0.481. The van der Waals surface area contributed by atoms with Gasteiger partial charge in [-0.1, -0.05) is 0 Å². The molecule has 3 aromatic rings. The zero-order valence-electron chi connectivity index (χ0n) is 12.3. The number of aromatic nitrogens is 6. The highest BCUT2D eigenvalue weighted by atomic mass is 32.1. The van der Waals surface area contributed by atoms with Crippen LogP contribution in [0.5, 0.6) is 0 Å². The SMILES string of the molecule is CS.Cc1ncc[nH]1.Cc1ncc[nH]1.Cc1ncc[nH]1. The topological polar surface area (TPSA) is 86.0 Å². The van der Waals surface area contributed by atoms with Gasteiger partial charge in [0.25, 0.3) is 0 Å². The summed E-state index contributed by atoms with van der Waals surface area (Å²) in [7, 11) is 0. The van der Waals surface area contributed by atoms with E-state index in [1.165, 1.54) is 0 Å². The Morgan fingerprint density at radius 1 is 0.650 bits per heavy atom. The highest BCUT2D eigenvalue weighted by Crippen LogP contribution is 1.79. The number of aromatic amines is 3. The standard InChI is InChI=1S/3C4H6N2.CH4S/c3*1-4-5-2-3-6-4;1-2/h3*2-3H,1H3,(H,5,6);2H,1H3. The maximum absolute atomic E-state index is 3.86. The van der Waals surface area contributed by atoms with Gasteiger partial charge in [-0.25, -0.2) is 15.0 Å². The van der Waals surface area contributed by atoms with Crippen LogP contribution in [0, 0.1) is 20.8 Å². The van der Waals surface area contributed by atoms with Crippen LogP contribution >= 0.6 is 12.6 Å². The first-order valence-electron chi connectivity index (χ1n) is 6.01. The van der Waals surface area contributed by atoms with Crippen molar-refractivity contribution < 1.29 is 0 Å². The van der Waals surface area contributed by atoms with Crippen LogP contribution in [-0.2, 0) is 0 Å². The summed E-state index contributed by atoms with van der Waals surface area (Å²) < 4.78 is 0. The molecule has 0 aliphatic carbocycles. The van der Waals surface area contributed by atoms with E-state index in [0.29, 0.717) is 0 Å². The number of nitrogens with one attached hydrogen (secondary N) is 3. The van der Waals surface area contributed by atoms with E-state index in [2.05, 4.69) is 42.5 Å². The molecule has 110 valence electrons. The van der Waals surface area contributed by atoms with Crippen LogP contribution in [-0.4, -0.2) is 36.2 Å². The molecule has 0 fully saturated rings. The number of rotatable bonds is 0. The van der Waals surface area contributed by atoms with Crippen LogP contribution in [0.25, 0.3) is 0 Å². The summed E-state index contributed by atoms with van der Waals surface area (Å²) >= 11 is 3.53. The summed E-state index contributed by atoms with van der Waals surface area (Å²) in [5.41, 5.74) is 0. The molecule has 7 heteroatoms. The van der Waals surface area contributed by atoms with Gasteiger partial charge in [0.15, 0.2) is 0 Å². The minimum absolute atomic E-state index is 0.968. The summed E-state index contributed by atoms with van der Waals surface area (Å²) in [6.07, 6.45) is 12.3. The Morgan fingerprint density at radius 2 is 0.900 bits per heavy atom. The van der Waals surface area contributed by atoms with Crippen molar-refractivity contribution in [3.05, 3.63) is 54.7 Å². The van der Waals surface area contributed by atoms with Crippen molar-refractivity contribution in [1.29, 1.82) is 0 Å². The Labute approximate surface area is 124 Å². The summed E-state index contributed by atoms with van der Waals surface area (Å²) in [5.74, 6) is 2.90. The molecule has 3 aromatic heterocycles. The van der Waals surface area contributed by atoms with Gasteiger partial charge in [-0.3, -0.25) is 0 Å². The number of aryl methyl sites for hydroxylation is 3. The lowest BCUT2D eigenvalue weighted by molar-refractivity contribution is 1.15. The first kappa shape index (κ1) is 18.0. The van der Waals surface area contributed by atoms with E-state index in [-0.39, 0.29) is 0 Å². The van der Waals surface area contributed by atoms with Gasteiger partial charge < -0.3 is 15.0 Å². The van der Waals surface area contributed by atoms with E-state index >= 15 is 0 Å². The van der Waals surface area contributed by atoms with Gasteiger partial charge >= 0.3 is 0 Å². The van der Waals surface area contributed by atoms with Crippen molar-refractivity contribution in [2.24, 2.45) is 0 Å². The minimum atomic E-state index is 0.968. The van der Waals surface area contributed by atoms with Gasteiger partial charge in [0.2, 0.25) is 0 Å². The normalized spacial score (nSPS) is 8.25. The molecule has 3 N–H and O–H groups in total. The van der Waals surface area contributed by atoms with Crippen LogP contribution < -0.4 is 0 Å². The fourth-order valence-electron chi connectivity index (χ4n) is 1.03. The van der Waals surface area contributed by atoms with Gasteiger partial charge in [-0.05, 0) is 27.0 Å². The summed E-state index contributed by atoms with van der Waals surface area (Å²) in [5, 5.41) is 0. The van der Waals surface area contributed by atoms with Crippen molar-refractivity contribution in [3.8, 4) is 0 Å². The number of imidazole rings is 3. The Balaban J connectivity index is 0.000000255. The molecule has 3 rings (SSSR count). The second-order valence-corrected chi connectivity index (χ2v) is 3.52. The lowest BCUT2D eigenvalue weighted by Gasteiger charge is -1.68. The molecule has 0 saturated heterocycles. The van der Waals surface area contributed by atoms with E-state index in [4.69, 9.17) is 0 Å². The predicted octanol–water partition coefficient (Wildman–Crippen LogP) is 2.70. The van der Waals surface area contributed by atoms with E-state index in [1.54, 1.807) is 43.4 Å². The summed E-state index contributed by atoms with van der Waals surface area (Å²) in [6.45, 7) is 5.75. The molecular weight excluding hydrogens is 272 g/mol. The van der Waals surface area contributed by atoms with E-state index < -0.39 is 0 Å². The number of hydrogen-bond donors (Lipinski definition) is 4. The van der Waals surface area contributed by atoms with Gasteiger partial charge in [0.1, 0.15) is 17.5 Å². The van der Waals surface area contributed by atoms with Crippen molar-refractivity contribution in [2.75, 3.05) is 6.26 Å². The van der Waals surface area contributed by atoms with Crippen molar-refractivity contribution in [1.82, 2.24) is 29.9 Å². The molecule has 0 radical (unpaired) electrons. The van der Waals surface area contributed by atoms with Gasteiger partial charge in [-0.2, -0.15) is 12.6 Å². The van der Waals surface area contributed by atoms with Gasteiger partial charge in [0, 0.05) is 37.2 Å². The molecule has 0 spiro atoms. The molecule has 3 heterocycles. The number of nitrogens with zero attached hydrogens (tertiary/aromatic N) is 3. The summed E-state index contributed by atoms with van der Waals surface area (Å²) in [6, 6.07) is 0. The first-order valence-corrected chi connectivity index (χ1v) is 6.90. The fourth-order valence-corrected chi connectivity index (χ4v) is 1.03. The van der Waals surface area contributed by atoms with Crippen LogP contribution in [0.2, 0.25) is 0 Å². The molecule has 6 nitrogen and oxygen atoms in total. The van der Waals surface area contributed by atoms with Gasteiger partial charge in [0.05, 0.1) is 0 Å². The molecular formula is C13H22N6S. The van der Waals surface area contributed by atoms with E-state index in [0.717, 1.165) is 17.5 Å². The summed E-state index contributed by atoms with van der Waals surface area (Å²) in [4.78, 5) is 20.2. The third-order valence-electron chi connectivity index (χ3n) is 1.90. The maximum Gasteiger partial charge on any atom is 0.102 e. The second-order valence-electron chi connectivity index (χ2n) is 3.52. The van der Waals surface area contributed by atoms with Crippen LogP contribution in [0.15, 0.2) is 37.2 Å². The number of hydrogen-bond acceptors (Lipinski definition) is 4. The lowest BCUT2D eigenvalue weighted by Crippen LogP contribution is -1.66. The average Bonchev–Trinajstić information content (AvgIpc) is 3.19. The average molecular weight is 294 g/mol. The molecule has 0 unspecified atom stereocenters. The van der Waals surface area contributed by atoms with Crippen molar-refractivity contribution in [3.63, 3.8) is 0 Å². The maximum atomic E-state index is 3.86. The van der Waals surface area contributed by atoms with Crippen LogP contribution in [0.3, 0.4) is 0 Å². The third kappa shape index (κ3) is 9.95. The zero-order chi connectivity index (χ0) is 15.2. The zero-order valence-corrected chi connectivity index (χ0v) is 13.1. The third-order valence-corrected chi connectivity index (χ3v) is 1.90. The number of H-pyrrole nitrogens is 3. The highest BCUT2D eigenvalue weighted by Gasteiger charge is 1.74. The molecule has 0 bridgehead atoms. The predicted molar refractivity (Wildman–Crippen MR) is 84.9 cm³/mol. The molecule has 0 amide bonds. The Hall–Kier alpha value is -2.02. The van der Waals surface area contributed by atoms with Crippen LogP contribution in [0.4, 0.5) is 0 Å². The Bertz CT molecular complexity index is 410. The lowest BCUT2D eigenvalue weighted by atomic mass is 10.8. The monoisotopic (exact) mass is 294 g/mol. The number of thiol groups is 1. The fraction of sp³-hybridized carbons (Fsp3) is 0.308. The molecule has 0 saturated carbocycles. The second kappa shape index (κ2) is 12.0. The van der Waals surface area contributed by atoms with Gasteiger partial charge in [-0.15, -0.1) is 0 Å². The largest absolute Gasteiger partial charge is 0.349 e. The molecule has 20 heavy (non-hydrogen) atoms. The molecule has 0 aromatic carbocycles. The van der Waals surface area contributed by atoms with Crippen LogP contribution in [0.1, 0.15) is 17.5 Å². The van der Waals surface area contributed by atoms with E-state index in [9.17, 15) is 0 Å². The highest BCUT2D eigenvalue weighted by molar-refractivity contribution is 7.79.